The van der Waals surface area contributed by atoms with Gasteiger partial charge in [0.25, 0.3) is 5.89 Å². The van der Waals surface area contributed by atoms with Gasteiger partial charge in [0.2, 0.25) is 5.89 Å². The normalized spacial score (nSPS) is 11.0. The molecule has 7 heteroatoms. The zero-order valence-electron chi connectivity index (χ0n) is 10.9. The van der Waals surface area contributed by atoms with Gasteiger partial charge in [-0.15, -0.1) is 10.2 Å². The van der Waals surface area contributed by atoms with Crippen LogP contribution in [-0.4, -0.2) is 23.3 Å². The molecule has 4 nitrogen and oxygen atoms in total. The molecular weight excluding hydrogens is 288 g/mol. The van der Waals surface area contributed by atoms with E-state index in [1.165, 1.54) is 0 Å². The summed E-state index contributed by atoms with van der Waals surface area (Å²) in [6.07, 6.45) is 1.41. The maximum atomic E-state index is 13.7. The smallest absolute Gasteiger partial charge is 0.250 e. The Balaban J connectivity index is 2.10. The van der Waals surface area contributed by atoms with Crippen molar-refractivity contribution in [1.82, 2.24) is 15.5 Å². The molecular formula is C13H14ClF2N3O. The summed E-state index contributed by atoms with van der Waals surface area (Å²) in [4.78, 5) is 0. The van der Waals surface area contributed by atoms with E-state index in [1.807, 2.05) is 6.92 Å². The minimum absolute atomic E-state index is 0.0449. The second-order valence-corrected chi connectivity index (χ2v) is 4.61. The second-order valence-electron chi connectivity index (χ2n) is 4.20. The van der Waals surface area contributed by atoms with E-state index in [4.69, 9.17) is 16.0 Å². The van der Waals surface area contributed by atoms with Gasteiger partial charge >= 0.3 is 0 Å². The Morgan fingerprint density at radius 3 is 2.80 bits per heavy atom. The highest BCUT2D eigenvalue weighted by molar-refractivity contribution is 6.30. The van der Waals surface area contributed by atoms with Crippen molar-refractivity contribution in [2.24, 2.45) is 0 Å². The van der Waals surface area contributed by atoms with Gasteiger partial charge in [-0.25, -0.2) is 8.78 Å². The highest BCUT2D eigenvalue weighted by atomic mass is 35.5. The van der Waals surface area contributed by atoms with Crippen LogP contribution in [0.25, 0.3) is 11.5 Å². The fraction of sp³-hybridized carbons (Fsp3) is 0.385. The lowest BCUT2D eigenvalue weighted by atomic mass is 10.2. The average molecular weight is 302 g/mol. The van der Waals surface area contributed by atoms with Crippen LogP contribution in [0.2, 0.25) is 5.02 Å². The SMILES string of the molecule is CCNCCCc1nnc(-c2cc(F)c(Cl)cc2F)o1. The molecule has 2 aromatic rings. The van der Waals surface area contributed by atoms with E-state index in [0.717, 1.165) is 31.6 Å². The molecule has 108 valence electrons. The fourth-order valence-electron chi connectivity index (χ4n) is 1.69. The van der Waals surface area contributed by atoms with Crippen LogP contribution in [0.15, 0.2) is 16.5 Å². The van der Waals surface area contributed by atoms with Crippen molar-refractivity contribution in [3.05, 3.63) is 34.7 Å². The number of halogens is 3. The van der Waals surface area contributed by atoms with Gasteiger partial charge in [-0.2, -0.15) is 0 Å². The number of nitrogens with one attached hydrogen (secondary N) is 1. The molecule has 0 atom stereocenters. The van der Waals surface area contributed by atoms with Gasteiger partial charge in [0.15, 0.2) is 0 Å². The third-order valence-electron chi connectivity index (χ3n) is 2.70. The molecule has 20 heavy (non-hydrogen) atoms. The zero-order chi connectivity index (χ0) is 14.5. The molecule has 0 fully saturated rings. The standard InChI is InChI=1S/C13H14ClF2N3O/c1-2-17-5-3-4-12-18-19-13(20-12)8-6-11(16)9(14)7-10(8)15/h6-7,17H,2-5H2,1H3. The van der Waals surface area contributed by atoms with Gasteiger partial charge in [-0.3, -0.25) is 0 Å². The van der Waals surface area contributed by atoms with Crippen molar-refractivity contribution in [3.63, 3.8) is 0 Å². The molecule has 0 aliphatic carbocycles. The summed E-state index contributed by atoms with van der Waals surface area (Å²) in [5.74, 6) is -1.07. The number of nitrogens with zero attached hydrogens (tertiary/aromatic N) is 2. The van der Waals surface area contributed by atoms with Crippen LogP contribution >= 0.6 is 11.6 Å². The van der Waals surface area contributed by atoms with E-state index in [-0.39, 0.29) is 16.5 Å². The number of aromatic nitrogens is 2. The second kappa shape index (κ2) is 6.76. The number of aryl methyl sites for hydroxylation is 1. The van der Waals surface area contributed by atoms with Crippen molar-refractivity contribution in [3.8, 4) is 11.5 Å². The molecule has 0 aliphatic heterocycles. The van der Waals surface area contributed by atoms with Gasteiger partial charge in [-0.05, 0) is 31.6 Å². The molecule has 1 aromatic heterocycles. The lowest BCUT2D eigenvalue weighted by molar-refractivity contribution is 0.488. The first-order valence-corrected chi connectivity index (χ1v) is 6.67. The van der Waals surface area contributed by atoms with Crippen LogP contribution in [0, 0.1) is 11.6 Å². The summed E-state index contributed by atoms with van der Waals surface area (Å²) in [7, 11) is 0. The Hall–Kier alpha value is -1.53. The first-order valence-electron chi connectivity index (χ1n) is 6.29. The number of benzene rings is 1. The van der Waals surface area contributed by atoms with Crippen LogP contribution in [0.5, 0.6) is 0 Å². The first-order chi connectivity index (χ1) is 9.61. The molecule has 0 saturated heterocycles. The van der Waals surface area contributed by atoms with Gasteiger partial charge in [-0.1, -0.05) is 18.5 Å². The lowest BCUT2D eigenvalue weighted by Gasteiger charge is -2.00. The summed E-state index contributed by atoms with van der Waals surface area (Å²) < 4.78 is 32.4. The molecule has 0 radical (unpaired) electrons. The minimum atomic E-state index is -0.727. The molecule has 1 N–H and O–H groups in total. The summed E-state index contributed by atoms with van der Waals surface area (Å²) in [5, 5.41) is 10.4. The Labute approximate surface area is 120 Å². The minimum Gasteiger partial charge on any atom is -0.421 e. The van der Waals surface area contributed by atoms with Gasteiger partial charge in [0.05, 0.1) is 10.6 Å². The molecule has 0 saturated carbocycles. The largest absolute Gasteiger partial charge is 0.421 e. The molecule has 0 bridgehead atoms. The molecule has 2 rings (SSSR count). The molecule has 0 aliphatic rings. The van der Waals surface area contributed by atoms with E-state index < -0.39 is 11.6 Å². The molecule has 1 aromatic carbocycles. The summed E-state index contributed by atoms with van der Waals surface area (Å²) >= 11 is 5.49. The van der Waals surface area contributed by atoms with E-state index in [2.05, 4.69) is 15.5 Å². The van der Waals surface area contributed by atoms with Crippen LogP contribution in [-0.2, 0) is 6.42 Å². The summed E-state index contributed by atoms with van der Waals surface area (Å²) in [6.45, 7) is 3.74. The summed E-state index contributed by atoms with van der Waals surface area (Å²) in [6, 6.07) is 1.84. The topological polar surface area (TPSA) is 51.0 Å². The molecule has 0 amide bonds. The molecule has 0 spiro atoms. The monoisotopic (exact) mass is 301 g/mol. The Bertz CT molecular complexity index is 589. The summed E-state index contributed by atoms with van der Waals surface area (Å²) in [5.41, 5.74) is -0.0858. The first kappa shape index (κ1) is 14.9. The number of rotatable bonds is 6. The van der Waals surface area contributed by atoms with Crippen LogP contribution in [0.3, 0.4) is 0 Å². The highest BCUT2D eigenvalue weighted by Gasteiger charge is 2.16. The van der Waals surface area contributed by atoms with E-state index in [1.54, 1.807) is 0 Å². The number of hydrogen-bond acceptors (Lipinski definition) is 4. The third kappa shape index (κ3) is 3.52. The maximum absolute atomic E-state index is 13.7. The average Bonchev–Trinajstić information content (AvgIpc) is 2.87. The fourth-order valence-corrected chi connectivity index (χ4v) is 1.84. The van der Waals surface area contributed by atoms with Crippen molar-refractivity contribution >= 4 is 11.6 Å². The van der Waals surface area contributed by atoms with Crippen molar-refractivity contribution in [2.75, 3.05) is 13.1 Å². The number of hydrogen-bond donors (Lipinski definition) is 1. The molecule has 1 heterocycles. The van der Waals surface area contributed by atoms with E-state index >= 15 is 0 Å². The highest BCUT2D eigenvalue weighted by Crippen LogP contribution is 2.26. The van der Waals surface area contributed by atoms with Crippen LogP contribution in [0.1, 0.15) is 19.2 Å². The van der Waals surface area contributed by atoms with Crippen molar-refractivity contribution in [2.45, 2.75) is 19.8 Å². The van der Waals surface area contributed by atoms with Crippen molar-refractivity contribution in [1.29, 1.82) is 0 Å². The van der Waals surface area contributed by atoms with Gasteiger partial charge in [0.1, 0.15) is 11.6 Å². The van der Waals surface area contributed by atoms with Gasteiger partial charge < -0.3 is 9.73 Å². The molecule has 0 unspecified atom stereocenters. The van der Waals surface area contributed by atoms with Crippen LogP contribution < -0.4 is 5.32 Å². The maximum Gasteiger partial charge on any atom is 0.250 e. The van der Waals surface area contributed by atoms with E-state index in [0.29, 0.717) is 12.3 Å². The third-order valence-corrected chi connectivity index (χ3v) is 2.99. The van der Waals surface area contributed by atoms with Crippen LogP contribution in [0.4, 0.5) is 8.78 Å². The lowest BCUT2D eigenvalue weighted by Crippen LogP contribution is -2.14. The van der Waals surface area contributed by atoms with Gasteiger partial charge in [0, 0.05) is 6.42 Å². The predicted octanol–water partition coefficient (Wildman–Crippen LogP) is 3.21. The van der Waals surface area contributed by atoms with E-state index in [9.17, 15) is 8.78 Å². The Morgan fingerprint density at radius 2 is 2.05 bits per heavy atom. The Kier molecular flexibility index (Phi) is 5.03. The quantitative estimate of drug-likeness (QED) is 0.657. The predicted molar refractivity (Wildman–Crippen MR) is 71.5 cm³/mol. The van der Waals surface area contributed by atoms with Crippen molar-refractivity contribution < 1.29 is 13.2 Å². The Morgan fingerprint density at radius 1 is 1.25 bits per heavy atom. The zero-order valence-corrected chi connectivity index (χ0v) is 11.7.